The summed E-state index contributed by atoms with van der Waals surface area (Å²) in [4.78, 5) is 14.3. The number of para-hydroxylation sites is 1. The van der Waals surface area contributed by atoms with Gasteiger partial charge in [-0.05, 0) is 54.4 Å². The number of hydrogen-bond donors (Lipinski definition) is 1. The highest BCUT2D eigenvalue weighted by molar-refractivity contribution is 5.96. The van der Waals surface area contributed by atoms with Crippen molar-refractivity contribution in [3.63, 3.8) is 0 Å². The predicted molar refractivity (Wildman–Crippen MR) is 174 cm³/mol. The standard InChI is InChI=1S/C36H48N2O7/c1-38(2)36(39)32-16-11-27(23-34(32)44-22-7-19-40-3)25-45-35-24-37-18-17-31(35)28-12-14-30(15-13-28)43-21-8-20-42-26-29-9-5-6-10-33(29)41-4/h5-6,9-16,23,31,35,37H,7-8,17-22,24-26H2,1-4H3/t31-,35+/m1/s1. The molecule has 0 saturated carbocycles. The largest absolute Gasteiger partial charge is 0.496 e. The zero-order valence-electron chi connectivity index (χ0n) is 27.1. The molecule has 1 amide bonds. The fourth-order valence-corrected chi connectivity index (χ4v) is 5.34. The summed E-state index contributed by atoms with van der Waals surface area (Å²) in [6, 6.07) is 22.0. The lowest BCUT2D eigenvalue weighted by Crippen LogP contribution is -2.40. The van der Waals surface area contributed by atoms with Crippen molar-refractivity contribution in [2.45, 2.75) is 44.5 Å². The van der Waals surface area contributed by atoms with E-state index in [2.05, 4.69) is 17.4 Å². The predicted octanol–water partition coefficient (Wildman–Crippen LogP) is 5.46. The first-order chi connectivity index (χ1) is 22.0. The molecule has 1 heterocycles. The number of piperidine rings is 1. The lowest BCUT2D eigenvalue weighted by atomic mass is 9.87. The van der Waals surface area contributed by atoms with Gasteiger partial charge in [-0.15, -0.1) is 0 Å². The van der Waals surface area contributed by atoms with Crippen LogP contribution in [0.2, 0.25) is 0 Å². The second-order valence-electron chi connectivity index (χ2n) is 11.3. The summed E-state index contributed by atoms with van der Waals surface area (Å²) in [6.45, 7) is 4.92. The minimum atomic E-state index is -0.0920. The van der Waals surface area contributed by atoms with Crippen molar-refractivity contribution in [2.24, 2.45) is 0 Å². The Morgan fingerprint density at radius 1 is 0.867 bits per heavy atom. The Hall–Kier alpha value is -3.63. The van der Waals surface area contributed by atoms with E-state index < -0.39 is 0 Å². The highest BCUT2D eigenvalue weighted by Gasteiger charge is 2.27. The maximum Gasteiger partial charge on any atom is 0.257 e. The van der Waals surface area contributed by atoms with Gasteiger partial charge in [0, 0.05) is 58.7 Å². The van der Waals surface area contributed by atoms with Crippen molar-refractivity contribution >= 4 is 5.91 Å². The van der Waals surface area contributed by atoms with Crippen LogP contribution in [-0.2, 0) is 27.4 Å². The van der Waals surface area contributed by atoms with Crippen molar-refractivity contribution in [3.05, 3.63) is 89.0 Å². The van der Waals surface area contributed by atoms with Gasteiger partial charge < -0.3 is 38.6 Å². The molecule has 0 aliphatic carbocycles. The van der Waals surface area contributed by atoms with E-state index in [1.807, 2.05) is 54.6 Å². The molecular formula is C36H48N2O7. The molecule has 0 radical (unpaired) electrons. The molecule has 1 saturated heterocycles. The van der Waals surface area contributed by atoms with Gasteiger partial charge in [0.2, 0.25) is 0 Å². The van der Waals surface area contributed by atoms with E-state index in [-0.39, 0.29) is 17.9 Å². The Labute approximate surface area is 267 Å². The van der Waals surface area contributed by atoms with Crippen LogP contribution in [0.25, 0.3) is 0 Å². The van der Waals surface area contributed by atoms with Gasteiger partial charge in [0.05, 0.1) is 51.8 Å². The van der Waals surface area contributed by atoms with Crippen LogP contribution in [0.5, 0.6) is 17.2 Å². The third-order valence-corrected chi connectivity index (χ3v) is 7.78. The zero-order chi connectivity index (χ0) is 31.9. The molecule has 3 aromatic carbocycles. The lowest BCUT2D eigenvalue weighted by molar-refractivity contribution is 0.0105. The van der Waals surface area contributed by atoms with Crippen LogP contribution < -0.4 is 19.5 Å². The normalized spacial score (nSPS) is 16.3. The second kappa shape index (κ2) is 18.4. The fourth-order valence-electron chi connectivity index (χ4n) is 5.34. The first-order valence-electron chi connectivity index (χ1n) is 15.7. The van der Waals surface area contributed by atoms with Crippen LogP contribution in [-0.4, -0.2) is 84.7 Å². The lowest BCUT2D eigenvalue weighted by Gasteiger charge is -2.32. The number of nitrogens with zero attached hydrogens (tertiary/aromatic N) is 1. The molecule has 0 unspecified atom stereocenters. The van der Waals surface area contributed by atoms with Gasteiger partial charge in [-0.3, -0.25) is 4.79 Å². The average molecular weight is 621 g/mol. The van der Waals surface area contributed by atoms with Gasteiger partial charge in [0.1, 0.15) is 17.2 Å². The number of amides is 1. The number of carbonyl (C=O) groups is 1. The minimum absolute atomic E-state index is 0.0139. The molecule has 0 bridgehead atoms. The third kappa shape index (κ3) is 10.5. The number of rotatable bonds is 18. The van der Waals surface area contributed by atoms with Crippen molar-refractivity contribution in [3.8, 4) is 17.2 Å². The summed E-state index contributed by atoms with van der Waals surface area (Å²) in [7, 11) is 6.82. The summed E-state index contributed by atoms with van der Waals surface area (Å²) in [5, 5.41) is 3.48. The van der Waals surface area contributed by atoms with Crippen LogP contribution in [0.4, 0.5) is 0 Å². The highest BCUT2D eigenvalue weighted by atomic mass is 16.5. The molecule has 0 aromatic heterocycles. The highest BCUT2D eigenvalue weighted by Crippen LogP contribution is 2.30. The Morgan fingerprint density at radius 3 is 2.42 bits per heavy atom. The van der Waals surface area contributed by atoms with Gasteiger partial charge in [0.25, 0.3) is 5.91 Å². The number of nitrogens with one attached hydrogen (secondary N) is 1. The monoisotopic (exact) mass is 620 g/mol. The average Bonchev–Trinajstić information content (AvgIpc) is 3.07. The molecule has 3 aromatic rings. The summed E-state index contributed by atoms with van der Waals surface area (Å²) in [5.74, 6) is 2.44. The molecule has 45 heavy (non-hydrogen) atoms. The molecule has 4 rings (SSSR count). The Kier molecular flexibility index (Phi) is 14.0. The van der Waals surface area contributed by atoms with Crippen LogP contribution >= 0.6 is 0 Å². The molecule has 244 valence electrons. The number of ether oxygens (including phenoxy) is 6. The molecular weight excluding hydrogens is 572 g/mol. The first kappa shape index (κ1) is 34.2. The summed E-state index contributed by atoms with van der Waals surface area (Å²) in [5.41, 5.74) is 3.79. The SMILES string of the molecule is COCCCOc1cc(CO[C@H]2CNCC[C@@H]2c2ccc(OCCCOCc3ccccc3OC)cc2)ccc1C(=O)N(C)C. The molecule has 9 heteroatoms. The molecule has 0 spiro atoms. The smallest absolute Gasteiger partial charge is 0.257 e. The molecule has 1 fully saturated rings. The fraction of sp³-hybridized carbons (Fsp3) is 0.472. The van der Waals surface area contributed by atoms with E-state index in [0.29, 0.717) is 51.0 Å². The van der Waals surface area contributed by atoms with Gasteiger partial charge >= 0.3 is 0 Å². The first-order valence-corrected chi connectivity index (χ1v) is 15.7. The summed E-state index contributed by atoms with van der Waals surface area (Å²) >= 11 is 0. The van der Waals surface area contributed by atoms with Crippen LogP contribution in [0, 0.1) is 0 Å². The summed E-state index contributed by atoms with van der Waals surface area (Å²) < 4.78 is 34.8. The maximum absolute atomic E-state index is 12.7. The van der Waals surface area contributed by atoms with E-state index in [9.17, 15) is 4.79 Å². The Balaban J connectivity index is 1.27. The molecule has 1 N–H and O–H groups in total. The van der Waals surface area contributed by atoms with Crippen LogP contribution in [0.15, 0.2) is 66.7 Å². The van der Waals surface area contributed by atoms with Crippen LogP contribution in [0.3, 0.4) is 0 Å². The van der Waals surface area contributed by atoms with Gasteiger partial charge in [-0.25, -0.2) is 0 Å². The number of methoxy groups -OCH3 is 2. The van der Waals surface area contributed by atoms with Gasteiger partial charge in [-0.2, -0.15) is 0 Å². The van der Waals surface area contributed by atoms with Crippen molar-refractivity contribution in [1.82, 2.24) is 10.2 Å². The number of carbonyl (C=O) groups excluding carboxylic acids is 1. The van der Waals surface area contributed by atoms with Crippen molar-refractivity contribution in [2.75, 3.05) is 67.8 Å². The topological polar surface area (TPSA) is 87.7 Å². The van der Waals surface area contributed by atoms with Gasteiger partial charge in [0.15, 0.2) is 0 Å². The van der Waals surface area contributed by atoms with E-state index >= 15 is 0 Å². The molecule has 1 aliphatic rings. The Bertz CT molecular complexity index is 1320. The zero-order valence-corrected chi connectivity index (χ0v) is 27.1. The van der Waals surface area contributed by atoms with Crippen molar-refractivity contribution in [1.29, 1.82) is 0 Å². The van der Waals surface area contributed by atoms with E-state index in [1.54, 1.807) is 33.2 Å². The van der Waals surface area contributed by atoms with Crippen molar-refractivity contribution < 1.29 is 33.2 Å². The maximum atomic E-state index is 12.7. The number of hydrogen-bond acceptors (Lipinski definition) is 8. The Morgan fingerprint density at radius 2 is 1.64 bits per heavy atom. The van der Waals surface area contributed by atoms with E-state index in [0.717, 1.165) is 55.0 Å². The van der Waals surface area contributed by atoms with E-state index in [1.165, 1.54) is 5.56 Å². The molecule has 1 aliphatic heterocycles. The van der Waals surface area contributed by atoms with Crippen LogP contribution in [0.1, 0.15) is 52.2 Å². The third-order valence-electron chi connectivity index (χ3n) is 7.78. The number of benzene rings is 3. The second-order valence-corrected chi connectivity index (χ2v) is 11.3. The van der Waals surface area contributed by atoms with Gasteiger partial charge in [-0.1, -0.05) is 36.4 Å². The molecule has 9 nitrogen and oxygen atoms in total. The molecule has 2 atom stereocenters. The minimum Gasteiger partial charge on any atom is -0.496 e. The van der Waals surface area contributed by atoms with E-state index in [4.69, 9.17) is 28.4 Å². The quantitative estimate of drug-likeness (QED) is 0.188. The summed E-state index contributed by atoms with van der Waals surface area (Å²) in [6.07, 6.45) is 2.54.